The average molecular weight is 240 g/mol. The van der Waals surface area contributed by atoms with Crippen molar-refractivity contribution in [2.45, 2.75) is 32.7 Å². The number of hydrogen-bond donors (Lipinski definition) is 1. The molecule has 2 atom stereocenters. The van der Waals surface area contributed by atoms with Gasteiger partial charge in [-0.3, -0.25) is 0 Å². The van der Waals surface area contributed by atoms with E-state index in [1.165, 1.54) is 12.8 Å². The molecule has 2 rings (SSSR count). The molecule has 0 radical (unpaired) electrons. The van der Waals surface area contributed by atoms with Crippen molar-refractivity contribution >= 4 is 23.1 Å². The van der Waals surface area contributed by atoms with Crippen LogP contribution in [0.5, 0.6) is 0 Å². The number of aromatic nitrogens is 1. The van der Waals surface area contributed by atoms with E-state index in [0.29, 0.717) is 16.8 Å². The largest absolute Gasteiger partial charge is 0.396 e. The van der Waals surface area contributed by atoms with Crippen molar-refractivity contribution < 1.29 is 0 Å². The molecular formula is C12H18ClN3. The van der Waals surface area contributed by atoms with Crippen LogP contribution in [0.4, 0.5) is 11.5 Å². The van der Waals surface area contributed by atoms with Crippen LogP contribution in [0.15, 0.2) is 12.3 Å². The topological polar surface area (TPSA) is 42.2 Å². The van der Waals surface area contributed by atoms with Gasteiger partial charge in [-0.2, -0.15) is 0 Å². The zero-order valence-corrected chi connectivity index (χ0v) is 10.5. The van der Waals surface area contributed by atoms with E-state index in [1.54, 1.807) is 12.3 Å². The summed E-state index contributed by atoms with van der Waals surface area (Å²) < 4.78 is 0. The molecule has 1 aromatic heterocycles. The van der Waals surface area contributed by atoms with Crippen LogP contribution >= 0.6 is 11.6 Å². The van der Waals surface area contributed by atoms with Gasteiger partial charge in [0.15, 0.2) is 5.82 Å². The molecule has 1 aliphatic heterocycles. The van der Waals surface area contributed by atoms with Gasteiger partial charge in [-0.1, -0.05) is 18.5 Å². The number of nitrogens with two attached hydrogens (primary N) is 1. The third-order valence-corrected chi connectivity index (χ3v) is 3.48. The summed E-state index contributed by atoms with van der Waals surface area (Å²) in [7, 11) is 0. The molecule has 0 saturated carbocycles. The Balaban J connectivity index is 2.23. The van der Waals surface area contributed by atoms with Crippen LogP contribution in [0.1, 0.15) is 26.7 Å². The molecule has 1 fully saturated rings. The molecule has 0 bridgehead atoms. The van der Waals surface area contributed by atoms with Gasteiger partial charge < -0.3 is 10.6 Å². The fourth-order valence-electron chi connectivity index (χ4n) is 2.41. The predicted octanol–water partition coefficient (Wildman–Crippen LogP) is 2.94. The lowest BCUT2D eigenvalue weighted by Gasteiger charge is -2.37. The van der Waals surface area contributed by atoms with Gasteiger partial charge in [0, 0.05) is 18.8 Å². The Bertz CT molecular complexity index is 381. The van der Waals surface area contributed by atoms with Crippen molar-refractivity contribution in [1.29, 1.82) is 0 Å². The van der Waals surface area contributed by atoms with Crippen LogP contribution in [-0.2, 0) is 0 Å². The van der Waals surface area contributed by atoms with E-state index >= 15 is 0 Å². The molecule has 0 amide bonds. The second-order valence-corrected chi connectivity index (χ2v) is 5.17. The zero-order valence-electron chi connectivity index (χ0n) is 9.78. The van der Waals surface area contributed by atoms with Gasteiger partial charge in [0.2, 0.25) is 0 Å². The van der Waals surface area contributed by atoms with Crippen LogP contribution in [0.2, 0.25) is 5.02 Å². The molecular weight excluding hydrogens is 222 g/mol. The van der Waals surface area contributed by atoms with Crippen molar-refractivity contribution in [3.63, 3.8) is 0 Å². The molecule has 2 unspecified atom stereocenters. The maximum Gasteiger partial charge on any atom is 0.152 e. The Kier molecular flexibility index (Phi) is 3.24. The van der Waals surface area contributed by atoms with E-state index in [9.17, 15) is 0 Å². The van der Waals surface area contributed by atoms with Crippen molar-refractivity contribution in [2.75, 3.05) is 17.2 Å². The van der Waals surface area contributed by atoms with Crippen molar-refractivity contribution in [2.24, 2.45) is 5.92 Å². The van der Waals surface area contributed by atoms with Crippen LogP contribution < -0.4 is 10.6 Å². The number of hydrogen-bond acceptors (Lipinski definition) is 3. The molecule has 1 saturated heterocycles. The first kappa shape index (κ1) is 11.5. The Hall–Kier alpha value is -0.960. The van der Waals surface area contributed by atoms with Crippen molar-refractivity contribution in [3.8, 4) is 0 Å². The van der Waals surface area contributed by atoms with E-state index < -0.39 is 0 Å². The molecule has 2 N–H and O–H groups in total. The number of rotatable bonds is 1. The highest BCUT2D eigenvalue weighted by Crippen LogP contribution is 2.30. The van der Waals surface area contributed by atoms with Gasteiger partial charge in [-0.25, -0.2) is 4.98 Å². The quantitative estimate of drug-likeness (QED) is 0.820. The van der Waals surface area contributed by atoms with Crippen molar-refractivity contribution in [3.05, 3.63) is 17.3 Å². The number of nitrogen functional groups attached to an aromatic ring is 1. The first-order valence-electron chi connectivity index (χ1n) is 5.75. The zero-order chi connectivity index (χ0) is 11.7. The Labute approximate surface area is 102 Å². The SMILES string of the molecule is CC1CCN(c2ncc(Cl)cc2N)C(C)C1. The van der Waals surface area contributed by atoms with Crippen LogP contribution in [0, 0.1) is 5.92 Å². The molecule has 2 heterocycles. The van der Waals surface area contributed by atoms with E-state index in [0.717, 1.165) is 18.3 Å². The number of nitrogens with zero attached hydrogens (tertiary/aromatic N) is 2. The second kappa shape index (κ2) is 4.50. The van der Waals surface area contributed by atoms with Gasteiger partial charge >= 0.3 is 0 Å². The van der Waals surface area contributed by atoms with E-state index in [-0.39, 0.29) is 0 Å². The Morgan fingerprint density at radius 3 is 2.88 bits per heavy atom. The molecule has 3 nitrogen and oxygen atoms in total. The fraction of sp³-hybridized carbons (Fsp3) is 0.583. The molecule has 1 aromatic rings. The monoisotopic (exact) mass is 239 g/mol. The van der Waals surface area contributed by atoms with E-state index in [4.69, 9.17) is 17.3 Å². The lowest BCUT2D eigenvalue weighted by atomic mass is 9.93. The van der Waals surface area contributed by atoms with Crippen molar-refractivity contribution in [1.82, 2.24) is 4.98 Å². The molecule has 0 aliphatic carbocycles. The maximum absolute atomic E-state index is 5.96. The average Bonchev–Trinajstić information content (AvgIpc) is 2.19. The minimum absolute atomic E-state index is 0.500. The molecule has 88 valence electrons. The first-order valence-corrected chi connectivity index (χ1v) is 6.13. The fourth-order valence-corrected chi connectivity index (χ4v) is 2.58. The number of pyridine rings is 1. The van der Waals surface area contributed by atoms with Gasteiger partial charge in [-0.15, -0.1) is 0 Å². The summed E-state index contributed by atoms with van der Waals surface area (Å²) in [4.78, 5) is 6.63. The summed E-state index contributed by atoms with van der Waals surface area (Å²) in [6.07, 6.45) is 4.07. The highest BCUT2D eigenvalue weighted by Gasteiger charge is 2.25. The normalized spacial score (nSPS) is 25.8. The number of halogens is 1. The maximum atomic E-state index is 5.96. The lowest BCUT2D eigenvalue weighted by molar-refractivity contribution is 0.376. The summed E-state index contributed by atoms with van der Waals surface area (Å²) in [6.45, 7) is 5.55. The minimum atomic E-state index is 0.500. The standard InChI is InChI=1S/C12H18ClN3/c1-8-3-4-16(9(2)5-8)12-11(14)6-10(13)7-15-12/h6-9H,3-5,14H2,1-2H3. The smallest absolute Gasteiger partial charge is 0.152 e. The second-order valence-electron chi connectivity index (χ2n) is 4.74. The summed E-state index contributed by atoms with van der Waals surface area (Å²) in [5.41, 5.74) is 6.64. The summed E-state index contributed by atoms with van der Waals surface area (Å²) in [5.74, 6) is 1.67. The number of anilines is 2. The molecule has 0 aromatic carbocycles. The van der Waals surface area contributed by atoms with Crippen LogP contribution in [0.3, 0.4) is 0 Å². The first-order chi connectivity index (χ1) is 7.58. The van der Waals surface area contributed by atoms with Gasteiger partial charge in [0.1, 0.15) is 0 Å². The Morgan fingerprint density at radius 1 is 1.50 bits per heavy atom. The highest BCUT2D eigenvalue weighted by atomic mass is 35.5. The highest BCUT2D eigenvalue weighted by molar-refractivity contribution is 6.30. The van der Waals surface area contributed by atoms with Gasteiger partial charge in [0.05, 0.1) is 10.7 Å². The lowest BCUT2D eigenvalue weighted by Crippen LogP contribution is -2.41. The van der Waals surface area contributed by atoms with E-state index in [2.05, 4.69) is 23.7 Å². The molecule has 16 heavy (non-hydrogen) atoms. The van der Waals surface area contributed by atoms with Crippen LogP contribution in [0.25, 0.3) is 0 Å². The third kappa shape index (κ3) is 2.24. The summed E-state index contributed by atoms with van der Waals surface area (Å²) in [5, 5.41) is 0.597. The third-order valence-electron chi connectivity index (χ3n) is 3.27. The Morgan fingerprint density at radius 2 is 2.25 bits per heavy atom. The summed E-state index contributed by atoms with van der Waals surface area (Å²) in [6, 6.07) is 2.27. The molecule has 4 heteroatoms. The van der Waals surface area contributed by atoms with Gasteiger partial charge in [0.25, 0.3) is 0 Å². The predicted molar refractivity (Wildman–Crippen MR) is 68.9 cm³/mol. The van der Waals surface area contributed by atoms with Crippen LogP contribution in [-0.4, -0.2) is 17.6 Å². The molecule has 0 spiro atoms. The molecule has 1 aliphatic rings. The summed E-state index contributed by atoms with van der Waals surface area (Å²) >= 11 is 5.85. The van der Waals surface area contributed by atoms with Gasteiger partial charge in [-0.05, 0) is 31.7 Å². The van der Waals surface area contributed by atoms with E-state index in [1.807, 2.05) is 0 Å². The number of piperidine rings is 1. The minimum Gasteiger partial charge on any atom is -0.396 e.